The molecule has 1 N–H and O–H groups in total. The Morgan fingerprint density at radius 3 is 2.69 bits per heavy atom. The minimum Gasteiger partial charge on any atom is -0.382 e. The van der Waals surface area contributed by atoms with Gasteiger partial charge in [0, 0.05) is 6.20 Å². The quantitative estimate of drug-likeness (QED) is 0.871. The van der Waals surface area contributed by atoms with Crippen molar-refractivity contribution in [1.82, 2.24) is 4.98 Å². The Labute approximate surface area is 97.3 Å². The van der Waals surface area contributed by atoms with Crippen molar-refractivity contribution in [2.75, 3.05) is 0 Å². The summed E-state index contributed by atoms with van der Waals surface area (Å²) in [6.07, 6.45) is 0.637. The van der Waals surface area contributed by atoms with E-state index in [1.165, 1.54) is 12.1 Å². The molecule has 0 aliphatic rings. The van der Waals surface area contributed by atoms with Crippen LogP contribution in [0.2, 0.25) is 5.02 Å². The fourth-order valence-electron chi connectivity index (χ4n) is 1.39. The number of aliphatic hydroxyl groups excluding tert-OH is 1. The number of nitrogens with zero attached hydrogens (tertiary/aromatic N) is 1. The molecule has 4 heteroatoms. The maximum absolute atomic E-state index is 13.2. The molecule has 1 aromatic heterocycles. The van der Waals surface area contributed by atoms with Crippen LogP contribution in [0.5, 0.6) is 0 Å². The van der Waals surface area contributed by atoms with Gasteiger partial charge in [0.05, 0.1) is 10.7 Å². The standard InChI is InChI=1S/C12H9ClFNO/c13-9-5-4-8(7-10(9)14)12(16)11-3-1-2-6-15-11/h1-7,12,16H/t12-/m0/s1. The summed E-state index contributed by atoms with van der Waals surface area (Å²) < 4.78 is 13.2. The molecule has 2 aromatic rings. The zero-order valence-electron chi connectivity index (χ0n) is 8.27. The number of halogens is 2. The van der Waals surface area contributed by atoms with Crippen LogP contribution < -0.4 is 0 Å². The minimum absolute atomic E-state index is 0.0389. The molecule has 0 saturated carbocycles. The summed E-state index contributed by atoms with van der Waals surface area (Å²) in [7, 11) is 0. The van der Waals surface area contributed by atoms with Crippen LogP contribution in [0.3, 0.4) is 0 Å². The molecule has 1 atom stereocenters. The van der Waals surface area contributed by atoms with E-state index in [4.69, 9.17) is 11.6 Å². The number of benzene rings is 1. The maximum Gasteiger partial charge on any atom is 0.142 e. The summed E-state index contributed by atoms with van der Waals surface area (Å²) in [6.45, 7) is 0. The van der Waals surface area contributed by atoms with Gasteiger partial charge < -0.3 is 5.11 Å². The molecule has 0 radical (unpaired) electrons. The molecule has 0 aliphatic heterocycles. The number of rotatable bonds is 2. The van der Waals surface area contributed by atoms with Crippen molar-refractivity contribution in [3.63, 3.8) is 0 Å². The normalized spacial score (nSPS) is 12.4. The summed E-state index contributed by atoms with van der Waals surface area (Å²) in [4.78, 5) is 4.00. The van der Waals surface area contributed by atoms with Gasteiger partial charge in [-0.1, -0.05) is 23.7 Å². The van der Waals surface area contributed by atoms with E-state index in [0.29, 0.717) is 11.3 Å². The highest BCUT2D eigenvalue weighted by Gasteiger charge is 2.12. The summed E-state index contributed by atoms with van der Waals surface area (Å²) in [5.74, 6) is -0.547. The minimum atomic E-state index is -0.937. The Bertz CT molecular complexity index is 490. The van der Waals surface area contributed by atoms with Gasteiger partial charge in [0.2, 0.25) is 0 Å². The van der Waals surface area contributed by atoms with E-state index in [9.17, 15) is 9.50 Å². The van der Waals surface area contributed by atoms with E-state index in [1.807, 2.05) is 0 Å². The van der Waals surface area contributed by atoms with Gasteiger partial charge in [0.15, 0.2) is 0 Å². The molecule has 0 amide bonds. The molecular formula is C12H9ClFNO. The van der Waals surface area contributed by atoms with Gasteiger partial charge in [-0.25, -0.2) is 4.39 Å². The first-order valence-electron chi connectivity index (χ1n) is 4.72. The van der Waals surface area contributed by atoms with Crippen LogP contribution in [0.4, 0.5) is 4.39 Å². The number of hydrogen-bond acceptors (Lipinski definition) is 2. The Balaban J connectivity index is 2.34. The Kier molecular flexibility index (Phi) is 3.17. The van der Waals surface area contributed by atoms with Gasteiger partial charge in [-0.05, 0) is 29.8 Å². The predicted molar refractivity (Wildman–Crippen MR) is 59.7 cm³/mol. The van der Waals surface area contributed by atoms with Crippen LogP contribution in [-0.2, 0) is 0 Å². The lowest BCUT2D eigenvalue weighted by Crippen LogP contribution is -2.02. The third kappa shape index (κ3) is 2.21. The van der Waals surface area contributed by atoms with Crippen molar-refractivity contribution in [3.8, 4) is 0 Å². The van der Waals surface area contributed by atoms with Crippen molar-refractivity contribution in [3.05, 3.63) is 64.7 Å². The highest BCUT2D eigenvalue weighted by molar-refractivity contribution is 6.30. The van der Waals surface area contributed by atoms with Crippen LogP contribution in [0.25, 0.3) is 0 Å². The van der Waals surface area contributed by atoms with E-state index in [-0.39, 0.29) is 5.02 Å². The van der Waals surface area contributed by atoms with Crippen molar-refractivity contribution in [1.29, 1.82) is 0 Å². The number of pyridine rings is 1. The van der Waals surface area contributed by atoms with Crippen LogP contribution in [0.1, 0.15) is 17.4 Å². The first kappa shape index (κ1) is 11.0. The molecule has 0 fully saturated rings. The molecule has 0 aliphatic carbocycles. The molecule has 0 bridgehead atoms. The first-order valence-corrected chi connectivity index (χ1v) is 5.10. The number of aromatic nitrogens is 1. The third-order valence-electron chi connectivity index (χ3n) is 2.23. The number of aliphatic hydroxyl groups is 1. The average Bonchev–Trinajstić information content (AvgIpc) is 2.33. The molecule has 1 heterocycles. The SMILES string of the molecule is O[C@@H](c1ccc(Cl)c(F)c1)c1ccccn1. The van der Waals surface area contributed by atoms with Gasteiger partial charge >= 0.3 is 0 Å². The fraction of sp³-hybridized carbons (Fsp3) is 0.0833. The lowest BCUT2D eigenvalue weighted by Gasteiger charge is -2.10. The van der Waals surface area contributed by atoms with Crippen LogP contribution in [0, 0.1) is 5.82 Å². The summed E-state index contributed by atoms with van der Waals surface area (Å²) >= 11 is 5.56. The maximum atomic E-state index is 13.2. The summed E-state index contributed by atoms with van der Waals surface area (Å²) in [5, 5.41) is 9.97. The van der Waals surface area contributed by atoms with Crippen LogP contribution in [0.15, 0.2) is 42.6 Å². The van der Waals surface area contributed by atoms with E-state index in [2.05, 4.69) is 4.98 Å². The summed E-state index contributed by atoms with van der Waals surface area (Å²) in [6, 6.07) is 9.39. The Morgan fingerprint density at radius 2 is 2.06 bits per heavy atom. The molecule has 2 rings (SSSR count). The zero-order chi connectivity index (χ0) is 11.5. The third-order valence-corrected chi connectivity index (χ3v) is 2.53. The molecule has 1 aromatic carbocycles. The molecule has 0 spiro atoms. The largest absolute Gasteiger partial charge is 0.382 e. The van der Waals surface area contributed by atoms with E-state index in [0.717, 1.165) is 0 Å². The second kappa shape index (κ2) is 4.60. The molecule has 16 heavy (non-hydrogen) atoms. The summed E-state index contributed by atoms with van der Waals surface area (Å²) in [5.41, 5.74) is 0.907. The Morgan fingerprint density at radius 1 is 1.25 bits per heavy atom. The first-order chi connectivity index (χ1) is 7.68. The van der Waals surface area contributed by atoms with Crippen molar-refractivity contribution in [2.24, 2.45) is 0 Å². The fourth-order valence-corrected chi connectivity index (χ4v) is 1.51. The molecular weight excluding hydrogens is 229 g/mol. The molecule has 2 nitrogen and oxygen atoms in total. The topological polar surface area (TPSA) is 33.1 Å². The molecule has 0 saturated heterocycles. The highest BCUT2D eigenvalue weighted by atomic mass is 35.5. The van der Waals surface area contributed by atoms with E-state index >= 15 is 0 Å². The monoisotopic (exact) mass is 237 g/mol. The predicted octanol–water partition coefficient (Wildman–Crippen LogP) is 2.96. The van der Waals surface area contributed by atoms with Crippen molar-refractivity contribution in [2.45, 2.75) is 6.10 Å². The lowest BCUT2D eigenvalue weighted by atomic mass is 10.1. The van der Waals surface area contributed by atoms with E-state index < -0.39 is 11.9 Å². The molecule has 82 valence electrons. The second-order valence-electron chi connectivity index (χ2n) is 3.33. The average molecular weight is 238 g/mol. The molecule has 0 unspecified atom stereocenters. The van der Waals surface area contributed by atoms with Crippen molar-refractivity contribution < 1.29 is 9.50 Å². The van der Waals surface area contributed by atoms with Crippen LogP contribution in [-0.4, -0.2) is 10.1 Å². The van der Waals surface area contributed by atoms with Gasteiger partial charge in [0.25, 0.3) is 0 Å². The Hall–Kier alpha value is -1.45. The van der Waals surface area contributed by atoms with Crippen LogP contribution >= 0.6 is 11.6 Å². The smallest absolute Gasteiger partial charge is 0.142 e. The zero-order valence-corrected chi connectivity index (χ0v) is 9.03. The van der Waals surface area contributed by atoms with Gasteiger partial charge in [-0.15, -0.1) is 0 Å². The number of hydrogen-bond donors (Lipinski definition) is 1. The van der Waals surface area contributed by atoms with Gasteiger partial charge in [0.1, 0.15) is 11.9 Å². The van der Waals surface area contributed by atoms with Gasteiger partial charge in [-0.3, -0.25) is 4.98 Å². The van der Waals surface area contributed by atoms with E-state index in [1.54, 1.807) is 30.5 Å². The van der Waals surface area contributed by atoms with Gasteiger partial charge in [-0.2, -0.15) is 0 Å². The lowest BCUT2D eigenvalue weighted by molar-refractivity contribution is 0.215. The van der Waals surface area contributed by atoms with Crippen molar-refractivity contribution >= 4 is 11.6 Å². The highest BCUT2D eigenvalue weighted by Crippen LogP contribution is 2.23. The second-order valence-corrected chi connectivity index (χ2v) is 3.74.